The molecule has 120 valence electrons. The lowest BCUT2D eigenvalue weighted by Gasteiger charge is -2.32. The van der Waals surface area contributed by atoms with E-state index in [1.807, 2.05) is 4.90 Å². The monoisotopic (exact) mass is 304 g/mol. The van der Waals surface area contributed by atoms with Crippen LogP contribution in [0.1, 0.15) is 43.6 Å². The maximum absolute atomic E-state index is 12.7. The van der Waals surface area contributed by atoms with Gasteiger partial charge in [0.25, 0.3) is 5.91 Å². The molecule has 1 aromatic heterocycles. The third-order valence-corrected chi connectivity index (χ3v) is 4.79. The van der Waals surface area contributed by atoms with E-state index in [2.05, 4.69) is 28.9 Å². The first-order chi connectivity index (χ1) is 10.6. The van der Waals surface area contributed by atoms with Crippen LogP contribution in [-0.4, -0.2) is 64.2 Å². The first kappa shape index (κ1) is 15.2. The molecule has 0 unspecified atom stereocenters. The van der Waals surface area contributed by atoms with Crippen molar-refractivity contribution in [2.24, 2.45) is 0 Å². The third kappa shape index (κ3) is 2.79. The molecule has 2 bridgehead atoms. The third-order valence-electron chi connectivity index (χ3n) is 4.79. The Hall–Kier alpha value is -1.69. The molecule has 1 aromatic rings. The molecule has 3 rings (SSSR count). The number of fused-ring (bicyclic) bond motifs is 2. The van der Waals surface area contributed by atoms with Crippen LogP contribution in [0.15, 0.2) is 12.1 Å². The van der Waals surface area contributed by atoms with Crippen LogP contribution in [0.3, 0.4) is 0 Å². The van der Waals surface area contributed by atoms with Gasteiger partial charge in [0.15, 0.2) is 5.69 Å². The van der Waals surface area contributed by atoms with Gasteiger partial charge in [-0.05, 0) is 39.2 Å². The van der Waals surface area contributed by atoms with E-state index in [0.29, 0.717) is 29.7 Å². The molecular formula is C16H24N4O2. The number of methoxy groups -OCH3 is 1. The lowest BCUT2D eigenvalue weighted by Crippen LogP contribution is -2.44. The van der Waals surface area contributed by atoms with E-state index in [9.17, 15) is 4.79 Å². The lowest BCUT2D eigenvalue weighted by atomic mass is 10.1. The second kappa shape index (κ2) is 6.20. The van der Waals surface area contributed by atoms with Crippen molar-refractivity contribution < 1.29 is 9.53 Å². The highest BCUT2D eigenvalue weighted by molar-refractivity contribution is 5.92. The maximum atomic E-state index is 12.7. The summed E-state index contributed by atoms with van der Waals surface area (Å²) in [5.74, 6) is 0.406. The van der Waals surface area contributed by atoms with Crippen LogP contribution in [0.5, 0.6) is 5.88 Å². The van der Waals surface area contributed by atoms with Crippen LogP contribution in [0.2, 0.25) is 0 Å². The fourth-order valence-corrected chi connectivity index (χ4v) is 3.84. The summed E-state index contributed by atoms with van der Waals surface area (Å²) in [4.78, 5) is 17.2. The van der Waals surface area contributed by atoms with Crippen molar-refractivity contribution in [3.63, 3.8) is 0 Å². The summed E-state index contributed by atoms with van der Waals surface area (Å²) in [5.41, 5.74) is 0.398. The minimum absolute atomic E-state index is 0.0218. The number of aromatic nitrogens is 2. The molecule has 0 saturated carbocycles. The maximum Gasteiger partial charge on any atom is 0.274 e. The molecular weight excluding hydrogens is 280 g/mol. The first-order valence-corrected chi connectivity index (χ1v) is 8.04. The summed E-state index contributed by atoms with van der Waals surface area (Å²) in [6.45, 7) is 6.09. The van der Waals surface area contributed by atoms with Gasteiger partial charge in [-0.3, -0.25) is 9.69 Å². The molecule has 2 aliphatic heterocycles. The Morgan fingerprint density at radius 1 is 1.23 bits per heavy atom. The molecule has 2 atom stereocenters. The minimum Gasteiger partial charge on any atom is -0.480 e. The van der Waals surface area contributed by atoms with Crippen LogP contribution in [0.25, 0.3) is 0 Å². The van der Waals surface area contributed by atoms with Gasteiger partial charge in [0, 0.05) is 37.3 Å². The molecule has 0 N–H and O–H groups in total. The highest BCUT2D eigenvalue weighted by Crippen LogP contribution is 2.32. The summed E-state index contributed by atoms with van der Waals surface area (Å²) in [7, 11) is 1.54. The molecule has 22 heavy (non-hydrogen) atoms. The Bertz CT molecular complexity index is 531. The largest absolute Gasteiger partial charge is 0.480 e. The zero-order valence-electron chi connectivity index (χ0n) is 13.5. The topological polar surface area (TPSA) is 58.6 Å². The predicted molar refractivity (Wildman–Crippen MR) is 82.9 cm³/mol. The van der Waals surface area contributed by atoms with Crippen LogP contribution in [0.4, 0.5) is 0 Å². The molecule has 1 amide bonds. The molecule has 6 nitrogen and oxygen atoms in total. The van der Waals surface area contributed by atoms with Crippen molar-refractivity contribution in [2.75, 3.05) is 20.2 Å². The second-order valence-corrected chi connectivity index (χ2v) is 6.43. The fraction of sp³-hybridized carbons (Fsp3) is 0.688. The summed E-state index contributed by atoms with van der Waals surface area (Å²) in [6, 6.07) is 5.00. The smallest absolute Gasteiger partial charge is 0.274 e. The highest BCUT2D eigenvalue weighted by atomic mass is 16.5. The van der Waals surface area contributed by atoms with Crippen LogP contribution < -0.4 is 4.74 Å². The molecule has 2 aliphatic rings. The second-order valence-electron chi connectivity index (χ2n) is 6.43. The fourth-order valence-electron chi connectivity index (χ4n) is 3.84. The van der Waals surface area contributed by atoms with Crippen molar-refractivity contribution in [3.05, 3.63) is 17.8 Å². The Labute approximate surface area is 131 Å². The molecule has 2 fully saturated rings. The number of amides is 1. The van der Waals surface area contributed by atoms with E-state index in [1.165, 1.54) is 20.0 Å². The van der Waals surface area contributed by atoms with Gasteiger partial charge in [0.05, 0.1) is 7.11 Å². The van der Waals surface area contributed by atoms with Gasteiger partial charge >= 0.3 is 0 Å². The van der Waals surface area contributed by atoms with Gasteiger partial charge in [0.1, 0.15) is 0 Å². The Morgan fingerprint density at radius 3 is 2.64 bits per heavy atom. The standard InChI is InChI=1S/C16H24N4O2/c1-11(2)20-12-4-5-13(20)10-19(9-8-12)16(21)14-6-7-15(22-3)18-17-14/h6-7,11-13H,4-5,8-10H2,1-3H3/t12-,13+/m0/s1. The molecule has 6 heteroatoms. The van der Waals surface area contributed by atoms with Gasteiger partial charge < -0.3 is 9.64 Å². The van der Waals surface area contributed by atoms with Gasteiger partial charge in [0.2, 0.25) is 5.88 Å². The Kier molecular flexibility index (Phi) is 4.29. The van der Waals surface area contributed by atoms with Crippen molar-refractivity contribution in [1.29, 1.82) is 0 Å². The van der Waals surface area contributed by atoms with Gasteiger partial charge in [-0.25, -0.2) is 0 Å². The zero-order chi connectivity index (χ0) is 15.7. The van der Waals surface area contributed by atoms with Gasteiger partial charge in [-0.1, -0.05) is 0 Å². The number of carbonyl (C=O) groups is 1. The van der Waals surface area contributed by atoms with E-state index >= 15 is 0 Å². The summed E-state index contributed by atoms with van der Waals surface area (Å²) < 4.78 is 4.99. The summed E-state index contributed by atoms with van der Waals surface area (Å²) in [6.07, 6.45) is 3.48. The van der Waals surface area contributed by atoms with Crippen LogP contribution >= 0.6 is 0 Å². The molecule has 0 radical (unpaired) electrons. The van der Waals surface area contributed by atoms with Crippen molar-refractivity contribution in [3.8, 4) is 5.88 Å². The first-order valence-electron chi connectivity index (χ1n) is 8.04. The van der Waals surface area contributed by atoms with E-state index < -0.39 is 0 Å². The number of hydrogen-bond donors (Lipinski definition) is 0. The molecule has 3 heterocycles. The quantitative estimate of drug-likeness (QED) is 0.848. The number of ether oxygens (including phenoxy) is 1. The molecule has 0 aromatic carbocycles. The number of carbonyl (C=O) groups excluding carboxylic acids is 1. The molecule has 2 saturated heterocycles. The van der Waals surface area contributed by atoms with Crippen molar-refractivity contribution >= 4 is 5.91 Å². The molecule has 0 aliphatic carbocycles. The van der Waals surface area contributed by atoms with Crippen LogP contribution in [0, 0.1) is 0 Å². The van der Waals surface area contributed by atoms with Crippen LogP contribution in [-0.2, 0) is 0 Å². The van der Waals surface area contributed by atoms with Gasteiger partial charge in [-0.15, -0.1) is 10.2 Å². The van der Waals surface area contributed by atoms with Crippen molar-refractivity contribution in [2.45, 2.75) is 51.2 Å². The van der Waals surface area contributed by atoms with E-state index in [1.54, 1.807) is 12.1 Å². The number of likely N-dealkylation sites (tertiary alicyclic amines) is 1. The van der Waals surface area contributed by atoms with Crippen molar-refractivity contribution in [1.82, 2.24) is 20.0 Å². The highest BCUT2D eigenvalue weighted by Gasteiger charge is 2.39. The molecule has 0 spiro atoms. The number of rotatable bonds is 3. The Balaban J connectivity index is 1.73. The number of nitrogens with zero attached hydrogens (tertiary/aromatic N) is 4. The average molecular weight is 304 g/mol. The SMILES string of the molecule is COc1ccc(C(=O)N2CC[C@@H]3CC[C@H](C2)N3C(C)C)nn1. The summed E-state index contributed by atoms with van der Waals surface area (Å²) in [5, 5.41) is 7.89. The zero-order valence-corrected chi connectivity index (χ0v) is 13.5. The van der Waals surface area contributed by atoms with E-state index in [-0.39, 0.29) is 5.91 Å². The summed E-state index contributed by atoms with van der Waals surface area (Å²) >= 11 is 0. The minimum atomic E-state index is -0.0218. The van der Waals surface area contributed by atoms with Gasteiger partial charge in [-0.2, -0.15) is 0 Å². The average Bonchev–Trinajstić information content (AvgIpc) is 2.81. The Morgan fingerprint density at radius 2 is 2.00 bits per heavy atom. The predicted octanol–water partition coefficient (Wildman–Crippen LogP) is 1.57. The van der Waals surface area contributed by atoms with E-state index in [4.69, 9.17) is 4.74 Å². The number of hydrogen-bond acceptors (Lipinski definition) is 5. The normalized spacial score (nSPS) is 25.4. The lowest BCUT2D eigenvalue weighted by molar-refractivity contribution is 0.0721. The van der Waals surface area contributed by atoms with E-state index in [0.717, 1.165) is 19.5 Å².